The van der Waals surface area contributed by atoms with Crippen molar-refractivity contribution in [3.63, 3.8) is 0 Å². The minimum atomic E-state index is -0.358. The molecule has 9 nitrogen and oxygen atoms in total. The van der Waals surface area contributed by atoms with Gasteiger partial charge in [-0.05, 0) is 12.5 Å². The minimum absolute atomic E-state index is 0.184. The monoisotopic (exact) mass is 328 g/mol. The molecule has 1 aliphatic heterocycles. The molecule has 2 aromatic heterocycles. The number of H-pyrrole nitrogens is 1. The van der Waals surface area contributed by atoms with Crippen molar-refractivity contribution < 1.29 is 9.59 Å². The third kappa shape index (κ3) is 3.45. The molecule has 0 radical (unpaired) electrons. The molecule has 0 unspecified atom stereocenters. The Morgan fingerprint density at radius 3 is 2.25 bits per heavy atom. The van der Waals surface area contributed by atoms with Crippen LogP contribution in [0.4, 0.5) is 0 Å². The summed E-state index contributed by atoms with van der Waals surface area (Å²) >= 11 is 0. The number of aromatic nitrogens is 4. The van der Waals surface area contributed by atoms with Crippen LogP contribution in [0, 0.1) is 0 Å². The maximum Gasteiger partial charge on any atom is 0.274 e. The molecule has 0 atom stereocenters. The van der Waals surface area contributed by atoms with Crippen LogP contribution < -0.4 is 5.56 Å². The SMILES string of the molecule is O=C(c1cnccn1)N1CCCN(C(=O)c2ccc(=O)[nH]n2)CC1. The number of hydrogen-bond acceptors (Lipinski definition) is 6. The molecule has 2 amide bonds. The van der Waals surface area contributed by atoms with Crippen molar-refractivity contribution in [2.24, 2.45) is 0 Å². The van der Waals surface area contributed by atoms with Crippen molar-refractivity contribution in [1.29, 1.82) is 0 Å². The van der Waals surface area contributed by atoms with Gasteiger partial charge in [-0.25, -0.2) is 10.1 Å². The van der Waals surface area contributed by atoms with Crippen LogP contribution in [-0.4, -0.2) is 68.0 Å². The van der Waals surface area contributed by atoms with Crippen LogP contribution in [0.25, 0.3) is 0 Å². The minimum Gasteiger partial charge on any atom is -0.335 e. The summed E-state index contributed by atoms with van der Waals surface area (Å²) in [6.45, 7) is 1.86. The Bertz CT molecular complexity index is 771. The van der Waals surface area contributed by atoms with Gasteiger partial charge in [-0.1, -0.05) is 0 Å². The number of amides is 2. The lowest BCUT2D eigenvalue weighted by Crippen LogP contribution is -2.38. The number of nitrogens with zero attached hydrogens (tertiary/aromatic N) is 5. The van der Waals surface area contributed by atoms with Crippen LogP contribution in [0.15, 0.2) is 35.5 Å². The fourth-order valence-corrected chi connectivity index (χ4v) is 2.52. The second kappa shape index (κ2) is 6.99. The quantitative estimate of drug-likeness (QED) is 0.799. The number of hydrogen-bond donors (Lipinski definition) is 1. The Balaban J connectivity index is 1.66. The van der Waals surface area contributed by atoms with E-state index in [9.17, 15) is 14.4 Å². The molecule has 1 saturated heterocycles. The van der Waals surface area contributed by atoms with E-state index < -0.39 is 0 Å². The molecule has 0 spiro atoms. The van der Waals surface area contributed by atoms with E-state index in [0.717, 1.165) is 0 Å². The van der Waals surface area contributed by atoms with Crippen molar-refractivity contribution in [2.75, 3.05) is 26.2 Å². The van der Waals surface area contributed by atoms with Gasteiger partial charge < -0.3 is 9.80 Å². The predicted molar refractivity (Wildman–Crippen MR) is 83.3 cm³/mol. The first kappa shape index (κ1) is 15.8. The zero-order chi connectivity index (χ0) is 16.9. The van der Waals surface area contributed by atoms with Crippen molar-refractivity contribution in [1.82, 2.24) is 30.0 Å². The standard InChI is InChI=1S/C15H16N6O3/c22-13-3-2-11(18-19-13)14(23)20-6-1-7-21(9-8-20)15(24)12-10-16-4-5-17-12/h2-5,10H,1,6-9H2,(H,19,22). The Morgan fingerprint density at radius 2 is 1.67 bits per heavy atom. The maximum atomic E-state index is 12.4. The van der Waals surface area contributed by atoms with Gasteiger partial charge in [0, 0.05) is 44.6 Å². The van der Waals surface area contributed by atoms with E-state index in [-0.39, 0.29) is 23.1 Å². The molecular weight excluding hydrogens is 312 g/mol. The molecule has 1 aliphatic rings. The molecule has 0 bridgehead atoms. The summed E-state index contributed by atoms with van der Waals surface area (Å²) in [6.07, 6.45) is 5.07. The van der Waals surface area contributed by atoms with E-state index >= 15 is 0 Å². The molecule has 24 heavy (non-hydrogen) atoms. The first-order chi connectivity index (χ1) is 11.6. The van der Waals surface area contributed by atoms with Gasteiger partial charge in [-0.2, -0.15) is 5.10 Å². The summed E-state index contributed by atoms with van der Waals surface area (Å²) in [7, 11) is 0. The van der Waals surface area contributed by atoms with Crippen molar-refractivity contribution in [2.45, 2.75) is 6.42 Å². The van der Waals surface area contributed by atoms with Crippen LogP contribution in [-0.2, 0) is 0 Å². The molecule has 0 aliphatic carbocycles. The first-order valence-electron chi connectivity index (χ1n) is 7.55. The summed E-state index contributed by atoms with van der Waals surface area (Å²) in [5.74, 6) is -0.459. The van der Waals surface area contributed by atoms with E-state index in [4.69, 9.17) is 0 Å². The topological polar surface area (TPSA) is 112 Å². The highest BCUT2D eigenvalue weighted by Crippen LogP contribution is 2.09. The predicted octanol–water partition coefficient (Wildman–Crippen LogP) is -0.452. The molecule has 3 rings (SSSR count). The molecular formula is C15H16N6O3. The number of carbonyl (C=O) groups excluding carboxylic acids is 2. The van der Waals surface area contributed by atoms with Crippen molar-refractivity contribution in [3.05, 3.63) is 52.5 Å². The van der Waals surface area contributed by atoms with Gasteiger partial charge in [-0.15, -0.1) is 0 Å². The summed E-state index contributed by atoms with van der Waals surface area (Å²) in [5.41, 5.74) is 0.117. The third-order valence-corrected chi connectivity index (χ3v) is 3.75. The van der Waals surface area contributed by atoms with E-state index in [0.29, 0.717) is 38.3 Å². The van der Waals surface area contributed by atoms with Gasteiger partial charge in [0.2, 0.25) is 0 Å². The number of carbonyl (C=O) groups is 2. The maximum absolute atomic E-state index is 12.4. The number of rotatable bonds is 2. The third-order valence-electron chi connectivity index (χ3n) is 3.75. The molecule has 124 valence electrons. The largest absolute Gasteiger partial charge is 0.335 e. The lowest BCUT2D eigenvalue weighted by molar-refractivity contribution is 0.0712. The lowest BCUT2D eigenvalue weighted by atomic mass is 10.3. The van der Waals surface area contributed by atoms with Crippen LogP contribution in [0.3, 0.4) is 0 Å². The molecule has 1 fully saturated rings. The normalized spacial score (nSPS) is 15.0. The highest BCUT2D eigenvalue weighted by molar-refractivity contribution is 5.93. The van der Waals surface area contributed by atoms with Crippen molar-refractivity contribution >= 4 is 11.8 Å². The lowest BCUT2D eigenvalue weighted by Gasteiger charge is -2.21. The molecule has 1 N–H and O–H groups in total. The smallest absolute Gasteiger partial charge is 0.274 e. The Morgan fingerprint density at radius 1 is 0.958 bits per heavy atom. The van der Waals surface area contributed by atoms with Crippen molar-refractivity contribution in [3.8, 4) is 0 Å². The average Bonchev–Trinajstić information content (AvgIpc) is 2.88. The van der Waals surface area contributed by atoms with E-state index in [2.05, 4.69) is 20.2 Å². The molecule has 0 saturated carbocycles. The summed E-state index contributed by atoms with van der Waals surface area (Å²) in [6, 6.07) is 2.66. The summed E-state index contributed by atoms with van der Waals surface area (Å²) < 4.78 is 0. The van der Waals surface area contributed by atoms with Gasteiger partial charge in [-0.3, -0.25) is 19.4 Å². The van der Waals surface area contributed by atoms with Crippen LogP contribution >= 0.6 is 0 Å². The summed E-state index contributed by atoms with van der Waals surface area (Å²) in [4.78, 5) is 47.1. The van der Waals surface area contributed by atoms with Gasteiger partial charge in [0.15, 0.2) is 0 Å². The van der Waals surface area contributed by atoms with Crippen LogP contribution in [0.5, 0.6) is 0 Å². The first-order valence-corrected chi connectivity index (χ1v) is 7.55. The molecule has 9 heteroatoms. The number of aromatic amines is 1. The fourth-order valence-electron chi connectivity index (χ4n) is 2.52. The Labute approximate surface area is 137 Å². The zero-order valence-corrected chi connectivity index (χ0v) is 12.9. The van der Waals surface area contributed by atoms with Gasteiger partial charge in [0.1, 0.15) is 11.4 Å². The molecule has 2 aromatic rings. The fraction of sp³-hybridized carbons (Fsp3) is 0.333. The Kier molecular flexibility index (Phi) is 4.59. The van der Waals surface area contributed by atoms with Gasteiger partial charge >= 0.3 is 0 Å². The number of nitrogens with one attached hydrogen (secondary N) is 1. The second-order valence-electron chi connectivity index (χ2n) is 5.34. The molecule has 3 heterocycles. The molecule has 0 aromatic carbocycles. The highest BCUT2D eigenvalue weighted by Gasteiger charge is 2.24. The van der Waals surface area contributed by atoms with Gasteiger partial charge in [0.25, 0.3) is 17.4 Å². The van der Waals surface area contributed by atoms with Crippen LogP contribution in [0.1, 0.15) is 27.4 Å². The van der Waals surface area contributed by atoms with E-state index in [1.165, 1.54) is 30.7 Å². The summed E-state index contributed by atoms with van der Waals surface area (Å²) in [5, 5.41) is 6.01. The van der Waals surface area contributed by atoms with E-state index in [1.54, 1.807) is 9.80 Å². The highest BCUT2D eigenvalue weighted by atomic mass is 16.2. The van der Waals surface area contributed by atoms with Crippen LogP contribution in [0.2, 0.25) is 0 Å². The van der Waals surface area contributed by atoms with E-state index in [1.807, 2.05) is 0 Å². The Hall–Kier alpha value is -3.10. The average molecular weight is 328 g/mol. The second-order valence-corrected chi connectivity index (χ2v) is 5.34. The zero-order valence-electron chi connectivity index (χ0n) is 12.9. The van der Waals surface area contributed by atoms with Gasteiger partial charge in [0.05, 0.1) is 6.20 Å².